The predicted octanol–water partition coefficient (Wildman–Crippen LogP) is 5.34. The maximum atomic E-state index is 6.30. The van der Waals surface area contributed by atoms with Crippen LogP contribution in [0.1, 0.15) is 5.56 Å². The third-order valence-corrected chi connectivity index (χ3v) is 6.42. The van der Waals surface area contributed by atoms with Gasteiger partial charge in [-0.1, -0.05) is 0 Å². The zero-order chi connectivity index (χ0) is 25.2. The molecule has 0 saturated heterocycles. The number of ether oxygens (including phenoxy) is 4. The highest BCUT2D eigenvalue weighted by molar-refractivity contribution is 6.07. The molecule has 2 aromatic heterocycles. The number of methoxy groups -OCH3 is 3. The van der Waals surface area contributed by atoms with E-state index in [0.29, 0.717) is 30.4 Å². The molecule has 0 N–H and O–H groups in total. The molecule has 8 nitrogen and oxygen atoms in total. The molecule has 4 aromatic rings. The fraction of sp³-hybridized carbons (Fsp3) is 0.286. The first-order valence-corrected chi connectivity index (χ1v) is 11.7. The first-order valence-electron chi connectivity index (χ1n) is 11.7. The lowest BCUT2D eigenvalue weighted by atomic mass is 9.91. The van der Waals surface area contributed by atoms with Crippen molar-refractivity contribution in [2.24, 2.45) is 0 Å². The average molecular weight is 523 g/mol. The van der Waals surface area contributed by atoms with E-state index in [4.69, 9.17) is 18.9 Å². The third-order valence-electron chi connectivity index (χ3n) is 6.42. The number of likely N-dealkylation sites (N-methyl/N-ethyl adjacent to an activating group) is 1. The summed E-state index contributed by atoms with van der Waals surface area (Å²) in [6, 6.07) is 10.1. The number of benzene rings is 2. The fourth-order valence-electron chi connectivity index (χ4n) is 4.68. The molecule has 0 atom stereocenters. The number of nitrogens with zero attached hydrogens (tertiary/aromatic N) is 4. The van der Waals surface area contributed by atoms with Gasteiger partial charge in [0.2, 0.25) is 5.75 Å². The van der Waals surface area contributed by atoms with Crippen LogP contribution in [0.25, 0.3) is 21.9 Å². The second-order valence-electron chi connectivity index (χ2n) is 8.85. The van der Waals surface area contributed by atoms with Gasteiger partial charge in [-0.15, -0.1) is 12.4 Å². The van der Waals surface area contributed by atoms with Crippen molar-refractivity contribution >= 4 is 34.6 Å². The van der Waals surface area contributed by atoms with Crippen molar-refractivity contribution < 1.29 is 18.9 Å². The van der Waals surface area contributed by atoms with Crippen molar-refractivity contribution in [3.63, 3.8) is 0 Å². The average Bonchev–Trinajstić information content (AvgIpc) is 2.91. The number of anilines is 2. The van der Waals surface area contributed by atoms with Gasteiger partial charge in [0, 0.05) is 65.5 Å². The van der Waals surface area contributed by atoms with E-state index in [1.165, 1.54) is 0 Å². The van der Waals surface area contributed by atoms with Gasteiger partial charge in [0.15, 0.2) is 11.5 Å². The Hall–Kier alpha value is -3.75. The van der Waals surface area contributed by atoms with E-state index >= 15 is 0 Å². The summed E-state index contributed by atoms with van der Waals surface area (Å²) < 4.78 is 23.2. The van der Waals surface area contributed by atoms with E-state index in [9.17, 15) is 0 Å². The first-order chi connectivity index (χ1) is 17.5. The number of pyridine rings is 2. The molecular formula is C28H31ClN4O4. The quantitative estimate of drug-likeness (QED) is 0.307. The van der Waals surface area contributed by atoms with Crippen LogP contribution in [0.4, 0.5) is 11.4 Å². The standard InChI is InChI=1S/C28H30N4O4.ClH/c1-31(2)10-11-36-24-14-22-20-6-8-29-15-18(20)17-32(27(22)23-16-30-9-7-21(23)24)19-12-25(33-3)28(35-5)26(13-19)34-4;/h6-9,12-16H,10-11,17H2,1-5H3;1H. The van der Waals surface area contributed by atoms with Crippen molar-refractivity contribution in [1.82, 2.24) is 14.9 Å². The van der Waals surface area contributed by atoms with Gasteiger partial charge in [0.1, 0.15) is 12.4 Å². The smallest absolute Gasteiger partial charge is 0.203 e. The van der Waals surface area contributed by atoms with Crippen LogP contribution in [0, 0.1) is 0 Å². The van der Waals surface area contributed by atoms with E-state index in [-0.39, 0.29) is 12.4 Å². The van der Waals surface area contributed by atoms with E-state index < -0.39 is 0 Å². The zero-order valence-corrected chi connectivity index (χ0v) is 22.5. The lowest BCUT2D eigenvalue weighted by Crippen LogP contribution is -2.23. The molecule has 1 aliphatic rings. The van der Waals surface area contributed by atoms with Gasteiger partial charge in [-0.3, -0.25) is 9.97 Å². The topological polar surface area (TPSA) is 69.2 Å². The molecule has 0 bridgehead atoms. The lowest BCUT2D eigenvalue weighted by Gasteiger charge is -2.34. The van der Waals surface area contributed by atoms with Crippen LogP contribution in [0.15, 0.2) is 55.1 Å². The highest BCUT2D eigenvalue weighted by Crippen LogP contribution is 2.51. The van der Waals surface area contributed by atoms with Crippen molar-refractivity contribution in [2.75, 3.05) is 53.5 Å². The maximum Gasteiger partial charge on any atom is 0.203 e. The second kappa shape index (κ2) is 11.1. The molecule has 0 radical (unpaired) electrons. The Morgan fingerprint density at radius 1 is 0.838 bits per heavy atom. The van der Waals surface area contributed by atoms with Crippen LogP contribution in [0.3, 0.4) is 0 Å². The predicted molar refractivity (Wildman–Crippen MR) is 148 cm³/mol. The molecule has 9 heteroatoms. The van der Waals surface area contributed by atoms with Gasteiger partial charge in [0.05, 0.1) is 33.6 Å². The van der Waals surface area contributed by atoms with E-state index in [1.807, 2.05) is 50.9 Å². The normalized spacial score (nSPS) is 12.0. The monoisotopic (exact) mass is 522 g/mol. The summed E-state index contributed by atoms with van der Waals surface area (Å²) in [5, 5.41) is 2.02. The van der Waals surface area contributed by atoms with Gasteiger partial charge < -0.3 is 28.7 Å². The second-order valence-corrected chi connectivity index (χ2v) is 8.85. The Morgan fingerprint density at radius 3 is 2.22 bits per heavy atom. The number of rotatable bonds is 8. The Labute approximate surface area is 223 Å². The van der Waals surface area contributed by atoms with Gasteiger partial charge >= 0.3 is 0 Å². The SMILES string of the molecule is COc1cc(N2Cc3cnccc3-c3cc(OCCN(C)C)c4ccncc4c32)cc(OC)c1OC.Cl. The molecule has 0 spiro atoms. The zero-order valence-electron chi connectivity index (χ0n) is 21.6. The van der Waals surface area contributed by atoms with Crippen molar-refractivity contribution in [2.45, 2.75) is 6.54 Å². The van der Waals surface area contributed by atoms with E-state index in [2.05, 4.69) is 31.9 Å². The molecule has 0 amide bonds. The molecule has 0 fully saturated rings. The fourth-order valence-corrected chi connectivity index (χ4v) is 4.68. The number of aromatic nitrogens is 2. The molecule has 0 aliphatic carbocycles. The summed E-state index contributed by atoms with van der Waals surface area (Å²) in [6.45, 7) is 2.03. The van der Waals surface area contributed by atoms with Crippen LogP contribution in [-0.4, -0.2) is 63.4 Å². The Balaban J connectivity index is 0.00000320. The highest BCUT2D eigenvalue weighted by Gasteiger charge is 2.29. The van der Waals surface area contributed by atoms with Gasteiger partial charge in [-0.05, 0) is 43.4 Å². The summed E-state index contributed by atoms with van der Waals surface area (Å²) in [7, 11) is 8.94. The van der Waals surface area contributed by atoms with Crippen LogP contribution in [0.2, 0.25) is 0 Å². The number of fused-ring (bicyclic) bond motifs is 5. The molecule has 194 valence electrons. The van der Waals surface area contributed by atoms with Crippen LogP contribution < -0.4 is 23.8 Å². The van der Waals surface area contributed by atoms with Crippen LogP contribution in [0.5, 0.6) is 23.0 Å². The molecule has 0 unspecified atom stereocenters. The summed E-state index contributed by atoms with van der Waals surface area (Å²) in [5.74, 6) is 2.58. The summed E-state index contributed by atoms with van der Waals surface area (Å²) in [4.78, 5) is 13.2. The van der Waals surface area contributed by atoms with Gasteiger partial charge in [0.25, 0.3) is 0 Å². The third kappa shape index (κ3) is 4.82. The molecule has 2 aromatic carbocycles. The van der Waals surface area contributed by atoms with Gasteiger partial charge in [-0.2, -0.15) is 0 Å². The molecule has 5 rings (SSSR count). The van der Waals surface area contributed by atoms with E-state index in [1.54, 1.807) is 27.5 Å². The minimum atomic E-state index is 0. The minimum absolute atomic E-state index is 0. The van der Waals surface area contributed by atoms with Crippen LogP contribution >= 0.6 is 12.4 Å². The Bertz CT molecular complexity index is 1390. The molecule has 0 saturated carbocycles. The molecule has 1 aliphatic heterocycles. The Morgan fingerprint density at radius 2 is 1.54 bits per heavy atom. The van der Waals surface area contributed by atoms with Crippen molar-refractivity contribution in [3.05, 3.63) is 60.7 Å². The molecule has 3 heterocycles. The number of halogens is 1. The molecule has 37 heavy (non-hydrogen) atoms. The van der Waals surface area contributed by atoms with E-state index in [0.717, 1.165) is 51.1 Å². The van der Waals surface area contributed by atoms with Crippen LogP contribution in [-0.2, 0) is 6.54 Å². The highest BCUT2D eigenvalue weighted by atomic mass is 35.5. The van der Waals surface area contributed by atoms with Gasteiger partial charge in [-0.25, -0.2) is 0 Å². The molecular weight excluding hydrogens is 492 g/mol. The lowest BCUT2D eigenvalue weighted by molar-refractivity contribution is 0.264. The maximum absolute atomic E-state index is 6.30. The summed E-state index contributed by atoms with van der Waals surface area (Å²) >= 11 is 0. The summed E-state index contributed by atoms with van der Waals surface area (Å²) in [6.07, 6.45) is 7.46. The first kappa shape index (κ1) is 26.3. The number of hydrogen-bond donors (Lipinski definition) is 0. The summed E-state index contributed by atoms with van der Waals surface area (Å²) in [5.41, 5.74) is 5.26. The minimum Gasteiger partial charge on any atom is -0.493 e. The largest absolute Gasteiger partial charge is 0.493 e. The van der Waals surface area contributed by atoms with Crippen molar-refractivity contribution in [3.8, 4) is 34.1 Å². The Kier molecular flexibility index (Phi) is 7.90. The van der Waals surface area contributed by atoms with Crippen molar-refractivity contribution in [1.29, 1.82) is 0 Å². The number of hydrogen-bond acceptors (Lipinski definition) is 8.